The second kappa shape index (κ2) is 6.18. The maximum absolute atomic E-state index is 9.35. The second-order valence-corrected chi connectivity index (χ2v) is 5.02. The average Bonchev–Trinajstić information content (AvgIpc) is 2.52. The highest BCUT2D eigenvalue weighted by Gasteiger charge is 2.11. The van der Waals surface area contributed by atoms with Gasteiger partial charge >= 0.3 is 0 Å². The molecule has 0 saturated heterocycles. The van der Waals surface area contributed by atoms with Crippen LogP contribution in [0.3, 0.4) is 0 Å². The van der Waals surface area contributed by atoms with Gasteiger partial charge in [-0.05, 0) is 17.7 Å². The van der Waals surface area contributed by atoms with Crippen molar-refractivity contribution in [3.63, 3.8) is 0 Å². The van der Waals surface area contributed by atoms with Crippen LogP contribution in [0.5, 0.6) is 5.75 Å². The molecule has 0 aliphatic rings. The minimum Gasteiger partial charge on any atom is -0.508 e. The molecule has 0 aliphatic heterocycles. The molecule has 0 saturated carbocycles. The highest BCUT2D eigenvalue weighted by Crippen LogP contribution is 2.12. The van der Waals surface area contributed by atoms with Gasteiger partial charge in [0, 0.05) is 5.56 Å². The van der Waals surface area contributed by atoms with Crippen LogP contribution in [0.25, 0.3) is 0 Å². The maximum Gasteiger partial charge on any atom is 0.204 e. The molecule has 0 radical (unpaired) electrons. The van der Waals surface area contributed by atoms with Crippen molar-refractivity contribution >= 4 is 0 Å². The van der Waals surface area contributed by atoms with Gasteiger partial charge in [0.25, 0.3) is 0 Å². The van der Waals surface area contributed by atoms with Gasteiger partial charge in [-0.3, -0.25) is 4.98 Å². The zero-order valence-corrected chi connectivity index (χ0v) is 11.7. The minimum atomic E-state index is 0.294. The largest absolute Gasteiger partial charge is 0.508 e. The van der Waals surface area contributed by atoms with Gasteiger partial charge in [0.1, 0.15) is 5.75 Å². The normalized spacial score (nSPS) is 10.5. The van der Waals surface area contributed by atoms with Gasteiger partial charge in [-0.15, -0.1) is 0 Å². The predicted octanol–water partition coefficient (Wildman–Crippen LogP) is 2.71. The van der Waals surface area contributed by atoms with E-state index < -0.39 is 0 Å². The fourth-order valence-electron chi connectivity index (χ4n) is 2.32. The molecule has 1 aromatic heterocycles. The monoisotopic (exact) mass is 277 g/mol. The number of hydrogen-bond donors (Lipinski definition) is 1. The molecule has 0 fully saturated rings. The van der Waals surface area contributed by atoms with Crippen molar-refractivity contribution in [1.82, 2.24) is 4.98 Å². The maximum atomic E-state index is 9.35. The summed E-state index contributed by atoms with van der Waals surface area (Å²) in [6.07, 6.45) is 6.50. The van der Waals surface area contributed by atoms with Crippen molar-refractivity contribution in [3.05, 3.63) is 90.0 Å². The van der Waals surface area contributed by atoms with E-state index in [4.69, 9.17) is 0 Å². The summed E-state index contributed by atoms with van der Waals surface area (Å²) in [4.78, 5) is 4.23. The fraction of sp³-hybridized carbons (Fsp3) is 0.111. The van der Waals surface area contributed by atoms with Crippen molar-refractivity contribution in [2.24, 2.45) is 0 Å². The van der Waals surface area contributed by atoms with Crippen LogP contribution in [-0.2, 0) is 13.0 Å². The van der Waals surface area contributed by atoms with Crippen LogP contribution < -0.4 is 4.57 Å². The minimum absolute atomic E-state index is 0.294. The Kier molecular flexibility index (Phi) is 3.92. The summed E-state index contributed by atoms with van der Waals surface area (Å²) in [5.41, 5.74) is 3.57. The van der Waals surface area contributed by atoms with E-state index in [0.29, 0.717) is 5.75 Å². The number of nitrogens with zero attached hydrogens (tertiary/aromatic N) is 2. The molecule has 1 N–H and O–H groups in total. The lowest BCUT2D eigenvalue weighted by Crippen LogP contribution is -2.38. The van der Waals surface area contributed by atoms with Gasteiger partial charge in [-0.1, -0.05) is 42.5 Å². The van der Waals surface area contributed by atoms with E-state index in [-0.39, 0.29) is 0 Å². The van der Waals surface area contributed by atoms with Crippen molar-refractivity contribution in [2.75, 3.05) is 0 Å². The molecule has 0 aliphatic carbocycles. The number of aromatic nitrogens is 2. The zero-order valence-electron chi connectivity index (χ0n) is 11.7. The molecule has 3 rings (SSSR count). The Balaban J connectivity index is 1.84. The SMILES string of the molecule is Oc1ccc(Cc2cncc[n+]2Cc2ccccc2)cc1. The van der Waals surface area contributed by atoms with Crippen molar-refractivity contribution in [1.29, 1.82) is 0 Å². The topological polar surface area (TPSA) is 37.0 Å². The molecular weight excluding hydrogens is 260 g/mol. The van der Waals surface area contributed by atoms with Crippen LogP contribution in [-0.4, -0.2) is 10.1 Å². The van der Waals surface area contributed by atoms with Gasteiger partial charge in [-0.25, -0.2) is 0 Å². The van der Waals surface area contributed by atoms with Gasteiger partial charge in [0.05, 0.1) is 18.8 Å². The molecule has 104 valence electrons. The van der Waals surface area contributed by atoms with Gasteiger partial charge in [0.2, 0.25) is 5.69 Å². The molecule has 0 unspecified atom stereocenters. The van der Waals surface area contributed by atoms with Crippen LogP contribution in [0, 0.1) is 0 Å². The van der Waals surface area contributed by atoms with Gasteiger partial charge in [0.15, 0.2) is 12.7 Å². The molecule has 0 spiro atoms. The molecular formula is C18H17N2O+. The molecule has 21 heavy (non-hydrogen) atoms. The van der Waals surface area contributed by atoms with Crippen molar-refractivity contribution in [2.45, 2.75) is 13.0 Å². The third-order valence-electron chi connectivity index (χ3n) is 3.44. The van der Waals surface area contributed by atoms with Crippen molar-refractivity contribution in [3.8, 4) is 5.75 Å². The van der Waals surface area contributed by atoms with Crippen LogP contribution in [0.15, 0.2) is 73.2 Å². The number of rotatable bonds is 4. The van der Waals surface area contributed by atoms with Crippen LogP contribution in [0.4, 0.5) is 0 Å². The van der Waals surface area contributed by atoms with E-state index >= 15 is 0 Å². The number of aromatic hydroxyl groups is 1. The predicted molar refractivity (Wildman–Crippen MR) is 80.9 cm³/mol. The first-order chi connectivity index (χ1) is 10.3. The smallest absolute Gasteiger partial charge is 0.204 e. The zero-order chi connectivity index (χ0) is 14.5. The Labute approximate surface area is 124 Å². The summed E-state index contributed by atoms with van der Waals surface area (Å²) in [5, 5.41) is 9.35. The summed E-state index contributed by atoms with van der Waals surface area (Å²) in [7, 11) is 0. The van der Waals surface area contributed by atoms with E-state index in [1.165, 1.54) is 5.56 Å². The highest BCUT2D eigenvalue weighted by atomic mass is 16.3. The van der Waals surface area contributed by atoms with E-state index in [2.05, 4.69) is 33.8 Å². The number of benzene rings is 2. The van der Waals surface area contributed by atoms with E-state index in [9.17, 15) is 5.11 Å². The van der Waals surface area contributed by atoms with Crippen LogP contribution >= 0.6 is 0 Å². The third kappa shape index (κ3) is 3.45. The number of phenolic OH excluding ortho intramolecular Hbond substituents is 1. The standard InChI is InChI=1S/C18H16N2O/c21-18-8-6-15(7-9-18)12-17-13-19-10-11-20(17)14-16-4-2-1-3-5-16/h1-11,13H,12,14H2/p+1. The Morgan fingerprint density at radius 2 is 1.67 bits per heavy atom. The summed E-state index contributed by atoms with van der Waals surface area (Å²) in [6.45, 7) is 0.830. The van der Waals surface area contributed by atoms with E-state index in [1.54, 1.807) is 12.1 Å². The van der Waals surface area contributed by atoms with Crippen LogP contribution in [0.2, 0.25) is 0 Å². The summed E-state index contributed by atoms with van der Waals surface area (Å²) in [5.74, 6) is 0.294. The van der Waals surface area contributed by atoms with Crippen molar-refractivity contribution < 1.29 is 9.67 Å². The third-order valence-corrected chi connectivity index (χ3v) is 3.44. The first kappa shape index (κ1) is 13.3. The first-order valence-electron chi connectivity index (χ1n) is 6.95. The highest BCUT2D eigenvalue weighted by molar-refractivity contribution is 5.27. The van der Waals surface area contributed by atoms with Gasteiger partial charge < -0.3 is 5.11 Å². The summed E-state index contributed by atoms with van der Waals surface area (Å²) >= 11 is 0. The van der Waals surface area contributed by atoms with Gasteiger partial charge in [-0.2, -0.15) is 4.57 Å². The Bertz CT molecular complexity index is 709. The lowest BCUT2D eigenvalue weighted by atomic mass is 10.1. The molecule has 2 aromatic carbocycles. The lowest BCUT2D eigenvalue weighted by molar-refractivity contribution is -0.695. The lowest BCUT2D eigenvalue weighted by Gasteiger charge is -2.04. The Hall–Kier alpha value is -2.68. The Morgan fingerprint density at radius 3 is 2.43 bits per heavy atom. The average molecular weight is 277 g/mol. The molecule has 0 atom stereocenters. The molecule has 1 heterocycles. The number of phenols is 1. The number of hydrogen-bond acceptors (Lipinski definition) is 2. The first-order valence-corrected chi connectivity index (χ1v) is 6.95. The molecule has 0 amide bonds. The molecule has 3 nitrogen and oxygen atoms in total. The Morgan fingerprint density at radius 1 is 0.905 bits per heavy atom. The second-order valence-electron chi connectivity index (χ2n) is 5.02. The quantitative estimate of drug-likeness (QED) is 0.744. The summed E-state index contributed by atoms with van der Waals surface area (Å²) in [6, 6.07) is 17.7. The molecule has 3 aromatic rings. The van der Waals surface area contributed by atoms with Crippen LogP contribution in [0.1, 0.15) is 16.8 Å². The van der Waals surface area contributed by atoms with E-state index in [0.717, 1.165) is 24.2 Å². The molecule has 0 bridgehead atoms. The summed E-state index contributed by atoms with van der Waals surface area (Å²) < 4.78 is 2.20. The molecule has 3 heteroatoms. The van der Waals surface area contributed by atoms with E-state index in [1.807, 2.05) is 36.8 Å². The fourth-order valence-corrected chi connectivity index (χ4v) is 2.32.